The van der Waals surface area contributed by atoms with Crippen LogP contribution in [0.3, 0.4) is 0 Å². The summed E-state index contributed by atoms with van der Waals surface area (Å²) in [7, 11) is 0. The minimum Gasteiger partial charge on any atom is -0.395 e. The lowest BCUT2D eigenvalue weighted by Crippen LogP contribution is -2.53. The third-order valence-corrected chi connectivity index (χ3v) is 4.24. The van der Waals surface area contributed by atoms with Gasteiger partial charge in [0.2, 0.25) is 0 Å². The summed E-state index contributed by atoms with van der Waals surface area (Å²) in [6.45, 7) is 2.31. The molecule has 0 amide bonds. The molecule has 1 atom stereocenters. The van der Waals surface area contributed by atoms with Crippen molar-refractivity contribution in [1.82, 2.24) is 10.2 Å². The summed E-state index contributed by atoms with van der Waals surface area (Å²) >= 11 is 0. The summed E-state index contributed by atoms with van der Waals surface area (Å²) in [5.74, 6) is -0.555. The van der Waals surface area contributed by atoms with Crippen molar-refractivity contribution in [3.8, 4) is 0 Å². The van der Waals surface area contributed by atoms with Crippen molar-refractivity contribution >= 4 is 12.4 Å². The molecule has 3 nitrogen and oxygen atoms in total. The van der Waals surface area contributed by atoms with Crippen LogP contribution in [0.2, 0.25) is 0 Å². The van der Waals surface area contributed by atoms with E-state index >= 15 is 0 Å². The van der Waals surface area contributed by atoms with Crippen molar-refractivity contribution in [2.24, 2.45) is 0 Å². The third kappa shape index (κ3) is 4.30. The number of rotatable bonds is 4. The van der Waals surface area contributed by atoms with E-state index in [0.29, 0.717) is 6.54 Å². The average Bonchev–Trinajstić information content (AvgIpc) is 2.59. The number of nitrogens with zero attached hydrogens (tertiary/aromatic N) is 1. The molecule has 1 aliphatic rings. The van der Waals surface area contributed by atoms with E-state index in [9.17, 15) is 13.9 Å². The van der Waals surface area contributed by atoms with Gasteiger partial charge in [-0.3, -0.25) is 4.90 Å². The predicted octanol–water partition coefficient (Wildman–Crippen LogP) is 2.74. The van der Waals surface area contributed by atoms with Crippen molar-refractivity contribution in [1.29, 1.82) is 0 Å². The van der Waals surface area contributed by atoms with E-state index in [2.05, 4.69) is 10.2 Å². The summed E-state index contributed by atoms with van der Waals surface area (Å²) in [6.07, 6.45) is 0. The molecule has 3 rings (SSSR count). The van der Waals surface area contributed by atoms with E-state index in [0.717, 1.165) is 24.2 Å². The minimum atomic E-state index is -0.278. The molecule has 1 aliphatic heterocycles. The highest BCUT2D eigenvalue weighted by atomic mass is 35.5. The summed E-state index contributed by atoms with van der Waals surface area (Å²) < 4.78 is 26.5. The van der Waals surface area contributed by atoms with E-state index in [1.165, 1.54) is 24.3 Å². The van der Waals surface area contributed by atoms with Gasteiger partial charge in [-0.1, -0.05) is 24.3 Å². The zero-order valence-electron chi connectivity index (χ0n) is 13.2. The van der Waals surface area contributed by atoms with Crippen LogP contribution in [-0.4, -0.2) is 42.3 Å². The van der Waals surface area contributed by atoms with E-state index in [1.807, 2.05) is 0 Å². The molecule has 0 radical (unpaired) electrons. The maximum atomic E-state index is 13.3. The van der Waals surface area contributed by atoms with E-state index < -0.39 is 0 Å². The number of halogens is 3. The smallest absolute Gasteiger partial charge is 0.123 e. The van der Waals surface area contributed by atoms with Crippen molar-refractivity contribution in [2.45, 2.75) is 12.1 Å². The third-order valence-electron chi connectivity index (χ3n) is 4.24. The van der Waals surface area contributed by atoms with E-state index in [1.54, 1.807) is 24.3 Å². The van der Waals surface area contributed by atoms with Gasteiger partial charge in [-0.2, -0.15) is 0 Å². The van der Waals surface area contributed by atoms with Crippen LogP contribution in [0.25, 0.3) is 0 Å². The molecule has 2 aromatic rings. The first-order valence-corrected chi connectivity index (χ1v) is 7.76. The molecule has 2 aromatic carbocycles. The Kier molecular flexibility index (Phi) is 6.69. The molecule has 0 bridgehead atoms. The van der Waals surface area contributed by atoms with Gasteiger partial charge >= 0.3 is 0 Å². The van der Waals surface area contributed by atoms with Gasteiger partial charge in [0, 0.05) is 25.7 Å². The molecule has 0 saturated carbocycles. The molecule has 0 aliphatic carbocycles. The fourth-order valence-corrected chi connectivity index (χ4v) is 3.11. The van der Waals surface area contributed by atoms with Gasteiger partial charge in [-0.25, -0.2) is 8.78 Å². The second-order valence-corrected chi connectivity index (χ2v) is 5.83. The van der Waals surface area contributed by atoms with Crippen molar-refractivity contribution < 1.29 is 13.9 Å². The van der Waals surface area contributed by atoms with Crippen LogP contribution < -0.4 is 5.32 Å². The topological polar surface area (TPSA) is 35.5 Å². The highest BCUT2D eigenvalue weighted by Gasteiger charge is 2.27. The Morgan fingerprint density at radius 2 is 1.50 bits per heavy atom. The largest absolute Gasteiger partial charge is 0.395 e. The van der Waals surface area contributed by atoms with Gasteiger partial charge in [0.25, 0.3) is 0 Å². The van der Waals surface area contributed by atoms with Crippen LogP contribution in [0.1, 0.15) is 17.2 Å². The van der Waals surface area contributed by atoms with Crippen LogP contribution in [0.5, 0.6) is 0 Å². The Labute approximate surface area is 146 Å². The summed E-state index contributed by atoms with van der Waals surface area (Å²) in [6, 6.07) is 12.7. The molecule has 0 spiro atoms. The molecule has 1 heterocycles. The number of aliphatic hydroxyl groups is 1. The van der Waals surface area contributed by atoms with Gasteiger partial charge in [0.05, 0.1) is 12.6 Å². The van der Waals surface area contributed by atoms with Gasteiger partial charge in [-0.15, -0.1) is 12.4 Å². The average molecular weight is 355 g/mol. The SMILES string of the molecule is Cl.OC[C@H]1CN(C(c2ccc(F)cc2)c2ccc(F)cc2)CCN1. The fraction of sp³-hybridized carbons (Fsp3) is 0.333. The first-order valence-electron chi connectivity index (χ1n) is 7.76. The first kappa shape index (κ1) is 18.8. The maximum absolute atomic E-state index is 13.3. The van der Waals surface area contributed by atoms with Crippen LogP contribution in [0, 0.1) is 11.6 Å². The quantitative estimate of drug-likeness (QED) is 0.886. The van der Waals surface area contributed by atoms with E-state index in [-0.39, 0.29) is 42.7 Å². The summed E-state index contributed by atoms with van der Waals surface area (Å²) in [5.41, 5.74) is 1.91. The van der Waals surface area contributed by atoms with Crippen LogP contribution in [0.4, 0.5) is 8.78 Å². The second-order valence-electron chi connectivity index (χ2n) is 5.83. The van der Waals surface area contributed by atoms with Crippen LogP contribution in [0.15, 0.2) is 48.5 Å². The van der Waals surface area contributed by atoms with Crippen molar-refractivity contribution in [3.63, 3.8) is 0 Å². The van der Waals surface area contributed by atoms with Gasteiger partial charge in [-0.05, 0) is 35.4 Å². The van der Waals surface area contributed by atoms with Crippen molar-refractivity contribution in [2.75, 3.05) is 26.2 Å². The highest BCUT2D eigenvalue weighted by Crippen LogP contribution is 2.29. The molecular formula is C18H21ClF2N2O. The lowest BCUT2D eigenvalue weighted by atomic mass is 9.95. The number of hydrogen-bond acceptors (Lipinski definition) is 3. The number of piperazine rings is 1. The van der Waals surface area contributed by atoms with E-state index in [4.69, 9.17) is 0 Å². The zero-order chi connectivity index (χ0) is 16.2. The highest BCUT2D eigenvalue weighted by molar-refractivity contribution is 5.85. The summed E-state index contributed by atoms with van der Waals surface area (Å²) in [5, 5.41) is 12.7. The standard InChI is InChI=1S/C18H20F2N2O.ClH/c19-15-5-1-13(2-6-15)18(14-3-7-16(20)8-4-14)22-10-9-21-17(11-22)12-23;/h1-8,17-18,21,23H,9-12H2;1H/t17-;/m1./s1. The Morgan fingerprint density at radius 3 is 1.96 bits per heavy atom. The Bertz CT molecular complexity index is 591. The van der Waals surface area contributed by atoms with Crippen LogP contribution >= 0.6 is 12.4 Å². The Balaban J connectivity index is 0.00000208. The lowest BCUT2D eigenvalue weighted by Gasteiger charge is -2.39. The predicted molar refractivity (Wildman–Crippen MR) is 92.3 cm³/mol. The number of hydrogen-bond donors (Lipinski definition) is 2. The minimum absolute atomic E-state index is 0. The van der Waals surface area contributed by atoms with Gasteiger partial charge < -0.3 is 10.4 Å². The lowest BCUT2D eigenvalue weighted by molar-refractivity contribution is 0.126. The van der Waals surface area contributed by atoms with Crippen LogP contribution in [-0.2, 0) is 0 Å². The molecule has 130 valence electrons. The van der Waals surface area contributed by atoms with Crippen molar-refractivity contribution in [3.05, 3.63) is 71.3 Å². The normalized spacial score (nSPS) is 18.4. The molecule has 6 heteroatoms. The zero-order valence-corrected chi connectivity index (χ0v) is 14.0. The number of benzene rings is 2. The molecule has 24 heavy (non-hydrogen) atoms. The maximum Gasteiger partial charge on any atom is 0.123 e. The molecule has 1 saturated heterocycles. The molecule has 1 fully saturated rings. The Hall–Kier alpha value is -1.53. The monoisotopic (exact) mass is 354 g/mol. The molecule has 0 unspecified atom stereocenters. The Morgan fingerprint density at radius 1 is 1.00 bits per heavy atom. The van der Waals surface area contributed by atoms with Gasteiger partial charge in [0.1, 0.15) is 11.6 Å². The second kappa shape index (κ2) is 8.53. The first-order chi connectivity index (χ1) is 11.2. The fourth-order valence-electron chi connectivity index (χ4n) is 3.11. The molecule has 0 aromatic heterocycles. The molecule has 2 N–H and O–H groups in total. The van der Waals surface area contributed by atoms with Gasteiger partial charge in [0.15, 0.2) is 0 Å². The number of nitrogens with one attached hydrogen (secondary N) is 1. The molecular weight excluding hydrogens is 334 g/mol. The summed E-state index contributed by atoms with van der Waals surface area (Å²) in [4.78, 5) is 2.23. The number of aliphatic hydroxyl groups excluding tert-OH is 1.